The molecule has 4 amide bonds. The number of hydrogen-bond acceptors (Lipinski definition) is 6. The van der Waals surface area contributed by atoms with Crippen LogP contribution < -0.4 is 21.3 Å². The lowest BCUT2D eigenvalue weighted by molar-refractivity contribution is -0.118. The maximum atomic E-state index is 13.7. The predicted molar refractivity (Wildman–Crippen MR) is 210 cm³/mol. The molecule has 0 unspecified atom stereocenters. The number of anilines is 2. The number of nitrogens with one attached hydrogen (secondary N) is 4. The molecule has 0 saturated carbocycles. The summed E-state index contributed by atoms with van der Waals surface area (Å²) >= 11 is 0. The molecule has 0 radical (unpaired) electrons. The first kappa shape index (κ1) is 44.7. The van der Waals surface area contributed by atoms with Crippen LogP contribution in [-0.4, -0.2) is 57.4 Å². The molecule has 4 aromatic rings. The summed E-state index contributed by atoms with van der Waals surface area (Å²) in [4.78, 5) is 79.2. The minimum Gasteiger partial charge on any atom is -0.349 e. The van der Waals surface area contributed by atoms with Gasteiger partial charge < -0.3 is 30.4 Å². The monoisotopic (exact) mass is 808 g/mol. The maximum Gasteiger partial charge on any atom is 0.292 e. The van der Waals surface area contributed by atoms with Gasteiger partial charge in [0.2, 0.25) is 0 Å². The van der Waals surface area contributed by atoms with E-state index in [0.717, 1.165) is 24.3 Å². The molecule has 0 atom stereocenters. The Balaban J connectivity index is 1.33. The summed E-state index contributed by atoms with van der Waals surface area (Å²) in [5.41, 5.74) is 0.488. The molecule has 310 valence electrons. The Labute approximate surface area is 333 Å². The molecular formula is C42H48F4N6O6. The number of carbonyl (C=O) groups is 6. The SMILES string of the molecule is Cc1c(C(=O)C(=O)NCCC(C)(C)CC(C)(C)CNC(=O)C(=O)c2c(C)c(C(=O)Nc3ccc(F)c(F)c3)n(C)c2C)c(C)n(C)c1C(=O)Nc1ccc(F)c(F)c1. The van der Waals surface area contributed by atoms with Crippen LogP contribution in [-0.2, 0) is 23.7 Å². The van der Waals surface area contributed by atoms with Gasteiger partial charge in [0, 0.05) is 62.1 Å². The fraction of sp³-hybridized carbons (Fsp3) is 0.381. The van der Waals surface area contributed by atoms with E-state index in [2.05, 4.69) is 21.3 Å². The van der Waals surface area contributed by atoms with Crippen molar-refractivity contribution in [1.29, 1.82) is 0 Å². The molecule has 0 aliphatic heterocycles. The third kappa shape index (κ3) is 9.72. The fourth-order valence-corrected chi connectivity index (χ4v) is 7.46. The number of benzene rings is 2. The number of nitrogens with zero attached hydrogens (tertiary/aromatic N) is 2. The van der Waals surface area contributed by atoms with Crippen molar-refractivity contribution in [2.75, 3.05) is 23.7 Å². The van der Waals surface area contributed by atoms with E-state index in [4.69, 9.17) is 0 Å². The third-order valence-electron chi connectivity index (χ3n) is 10.3. The molecule has 2 aromatic carbocycles. The Morgan fingerprint density at radius 2 is 0.983 bits per heavy atom. The van der Waals surface area contributed by atoms with Gasteiger partial charge in [0.25, 0.3) is 35.2 Å². The van der Waals surface area contributed by atoms with Crippen LogP contribution in [0.25, 0.3) is 0 Å². The zero-order valence-electron chi connectivity index (χ0n) is 34.1. The Hall–Kier alpha value is -6.06. The molecular weight excluding hydrogens is 760 g/mol. The van der Waals surface area contributed by atoms with Gasteiger partial charge in [-0.05, 0) is 86.8 Å². The van der Waals surface area contributed by atoms with Crippen molar-refractivity contribution in [2.45, 2.75) is 68.2 Å². The summed E-state index contributed by atoms with van der Waals surface area (Å²) in [6, 6.07) is 5.80. The summed E-state index contributed by atoms with van der Waals surface area (Å²) < 4.78 is 57.0. The van der Waals surface area contributed by atoms with Gasteiger partial charge in [0.15, 0.2) is 23.3 Å². The molecule has 12 nitrogen and oxygen atoms in total. The summed E-state index contributed by atoms with van der Waals surface area (Å²) in [6.07, 6.45) is 0.970. The van der Waals surface area contributed by atoms with E-state index in [1.807, 2.05) is 27.7 Å². The van der Waals surface area contributed by atoms with E-state index in [0.29, 0.717) is 24.2 Å². The van der Waals surface area contributed by atoms with Gasteiger partial charge in [0.05, 0.1) is 11.1 Å². The Morgan fingerprint density at radius 1 is 0.586 bits per heavy atom. The van der Waals surface area contributed by atoms with Crippen LogP contribution in [0.15, 0.2) is 36.4 Å². The second-order valence-corrected chi connectivity index (χ2v) is 16.0. The van der Waals surface area contributed by atoms with E-state index in [-0.39, 0.29) is 58.1 Å². The van der Waals surface area contributed by atoms with Crippen LogP contribution in [0, 0.1) is 61.8 Å². The van der Waals surface area contributed by atoms with Crippen LogP contribution in [0.4, 0.5) is 28.9 Å². The molecule has 0 spiro atoms. The Bertz CT molecular complexity index is 2340. The first-order chi connectivity index (χ1) is 26.9. The average Bonchev–Trinajstić information content (AvgIpc) is 3.49. The van der Waals surface area contributed by atoms with Gasteiger partial charge in [-0.15, -0.1) is 0 Å². The second-order valence-electron chi connectivity index (χ2n) is 16.0. The number of halogens is 4. The first-order valence-electron chi connectivity index (χ1n) is 18.4. The zero-order valence-corrected chi connectivity index (χ0v) is 34.1. The minimum absolute atomic E-state index is 0.00887. The molecule has 0 saturated heterocycles. The van der Waals surface area contributed by atoms with Crippen LogP contribution in [0.5, 0.6) is 0 Å². The highest BCUT2D eigenvalue weighted by Crippen LogP contribution is 2.36. The quantitative estimate of drug-likeness (QED) is 0.0588. The first-order valence-corrected chi connectivity index (χ1v) is 18.4. The second kappa shape index (κ2) is 17.2. The van der Waals surface area contributed by atoms with E-state index >= 15 is 0 Å². The highest BCUT2D eigenvalue weighted by atomic mass is 19.2. The summed E-state index contributed by atoms with van der Waals surface area (Å²) in [5.74, 6) is -9.23. The largest absolute Gasteiger partial charge is 0.349 e. The fourth-order valence-electron chi connectivity index (χ4n) is 7.46. The number of rotatable bonds is 15. The van der Waals surface area contributed by atoms with Crippen LogP contribution >= 0.6 is 0 Å². The molecule has 2 aromatic heterocycles. The van der Waals surface area contributed by atoms with Crippen molar-refractivity contribution >= 4 is 46.6 Å². The van der Waals surface area contributed by atoms with E-state index < -0.39 is 69.3 Å². The lowest BCUT2D eigenvalue weighted by atomic mass is 9.73. The highest BCUT2D eigenvalue weighted by Gasteiger charge is 2.33. The number of aromatic nitrogens is 2. The van der Waals surface area contributed by atoms with Gasteiger partial charge in [-0.2, -0.15) is 0 Å². The normalized spacial score (nSPS) is 11.6. The Kier molecular flexibility index (Phi) is 13.2. The average molecular weight is 809 g/mol. The van der Waals surface area contributed by atoms with Crippen molar-refractivity contribution < 1.29 is 46.3 Å². The van der Waals surface area contributed by atoms with Crippen molar-refractivity contribution in [3.8, 4) is 0 Å². The summed E-state index contributed by atoms with van der Waals surface area (Å²) in [6.45, 7) is 14.2. The molecule has 0 bridgehead atoms. The van der Waals surface area contributed by atoms with Crippen LogP contribution in [0.1, 0.15) is 105 Å². The van der Waals surface area contributed by atoms with E-state index in [1.165, 1.54) is 35.1 Å². The summed E-state index contributed by atoms with van der Waals surface area (Å²) in [7, 11) is 3.09. The van der Waals surface area contributed by atoms with Gasteiger partial charge >= 0.3 is 0 Å². The van der Waals surface area contributed by atoms with Crippen molar-refractivity contribution in [2.24, 2.45) is 24.9 Å². The maximum absolute atomic E-state index is 13.7. The van der Waals surface area contributed by atoms with Crippen molar-refractivity contribution in [3.05, 3.63) is 105 Å². The van der Waals surface area contributed by atoms with Gasteiger partial charge in [-0.1, -0.05) is 27.7 Å². The number of Topliss-reactive ketones (excluding diaryl/α,β-unsaturated/α-hetero) is 2. The standard InChI is InChI=1S/C42H48F4N6O6/c1-21-31(23(3)51(9)33(21)37(55)49-25-11-13-27(43)29(45)17-25)35(53)39(57)47-16-15-41(5,6)19-42(7,8)20-48-40(58)36(54)32-22(2)34(52(10)24(32)4)38(56)50-26-12-14-28(44)30(46)18-26/h11-14,17-18H,15-16,19-20H2,1-10H3,(H,47,57)(H,48,58)(H,49,55)(H,50,56). The van der Waals surface area contributed by atoms with Crippen molar-refractivity contribution in [1.82, 2.24) is 19.8 Å². The zero-order chi connectivity index (χ0) is 43.6. The number of ketones is 2. The lowest BCUT2D eigenvalue weighted by Crippen LogP contribution is -2.40. The molecule has 0 aliphatic rings. The predicted octanol–water partition coefficient (Wildman–Crippen LogP) is 6.79. The summed E-state index contributed by atoms with van der Waals surface area (Å²) in [5, 5.41) is 10.3. The molecule has 4 N–H and O–H groups in total. The number of hydrogen-bond donors (Lipinski definition) is 4. The van der Waals surface area contributed by atoms with Crippen LogP contribution in [0.3, 0.4) is 0 Å². The molecule has 4 rings (SSSR count). The third-order valence-corrected chi connectivity index (χ3v) is 10.3. The Morgan fingerprint density at radius 3 is 1.38 bits per heavy atom. The molecule has 58 heavy (non-hydrogen) atoms. The van der Waals surface area contributed by atoms with Crippen LogP contribution in [0.2, 0.25) is 0 Å². The van der Waals surface area contributed by atoms with E-state index in [1.54, 1.807) is 27.9 Å². The van der Waals surface area contributed by atoms with E-state index in [9.17, 15) is 46.3 Å². The minimum atomic E-state index is -1.14. The van der Waals surface area contributed by atoms with Gasteiger partial charge in [0.1, 0.15) is 11.4 Å². The molecule has 16 heteroatoms. The molecule has 0 fully saturated rings. The number of amides is 4. The number of carbonyl (C=O) groups excluding carboxylic acids is 6. The smallest absolute Gasteiger partial charge is 0.292 e. The molecule has 0 aliphatic carbocycles. The molecule has 2 heterocycles. The lowest BCUT2D eigenvalue weighted by Gasteiger charge is -2.35. The van der Waals surface area contributed by atoms with Crippen molar-refractivity contribution in [3.63, 3.8) is 0 Å². The van der Waals surface area contributed by atoms with Gasteiger partial charge in [-0.3, -0.25) is 28.8 Å². The topological polar surface area (TPSA) is 160 Å². The highest BCUT2D eigenvalue weighted by molar-refractivity contribution is 6.44. The van der Waals surface area contributed by atoms with Gasteiger partial charge in [-0.25, -0.2) is 17.6 Å².